The third kappa shape index (κ3) is 6.07. The molecule has 0 amide bonds. The number of aromatic nitrogens is 3. The van der Waals surface area contributed by atoms with Crippen LogP contribution in [0.5, 0.6) is 5.75 Å². The van der Waals surface area contributed by atoms with E-state index in [1.54, 1.807) is 0 Å². The first-order chi connectivity index (χ1) is 14.0. The molecule has 1 aromatic heterocycles. The van der Waals surface area contributed by atoms with Gasteiger partial charge in [-0.1, -0.05) is 51.1 Å². The number of nitrogens with one attached hydrogen (secondary N) is 1. The minimum Gasteiger partial charge on any atom is -0.494 e. The monoisotopic (exact) mass is 412 g/mol. The van der Waals surface area contributed by atoms with Crippen molar-refractivity contribution in [1.29, 1.82) is 0 Å². The summed E-state index contributed by atoms with van der Waals surface area (Å²) in [6.07, 6.45) is 0. The van der Waals surface area contributed by atoms with Crippen molar-refractivity contribution < 1.29 is 4.74 Å². The van der Waals surface area contributed by atoms with Gasteiger partial charge in [0.25, 0.3) is 0 Å². The lowest BCUT2D eigenvalue weighted by molar-refractivity contribution is 0.340. The first-order valence-electron chi connectivity index (χ1n) is 9.71. The molecule has 0 aliphatic carbocycles. The summed E-state index contributed by atoms with van der Waals surface area (Å²) < 4.78 is 7.87. The number of rotatable bonds is 6. The quantitative estimate of drug-likeness (QED) is 0.659. The molecular weight excluding hydrogens is 380 g/mol. The van der Waals surface area contributed by atoms with Crippen molar-refractivity contribution in [3.8, 4) is 5.75 Å². The Bertz CT molecular complexity index is 1040. The van der Waals surface area contributed by atoms with E-state index >= 15 is 0 Å². The smallest absolute Gasteiger partial charge is 0.354 e. The van der Waals surface area contributed by atoms with Gasteiger partial charge in [0.05, 0.1) is 13.2 Å². The van der Waals surface area contributed by atoms with Gasteiger partial charge in [0.2, 0.25) is 5.95 Å². The van der Waals surface area contributed by atoms with Crippen molar-refractivity contribution in [3.05, 3.63) is 80.6 Å². The summed E-state index contributed by atoms with van der Waals surface area (Å²) in [6.45, 7) is 8.81. The minimum atomic E-state index is -0.603. The third-order valence-electron chi connectivity index (χ3n) is 4.14. The summed E-state index contributed by atoms with van der Waals surface area (Å²) in [5, 5.41) is 3.07. The molecule has 3 rings (SSSR count). The average Bonchev–Trinajstić information content (AvgIpc) is 2.74. The van der Waals surface area contributed by atoms with E-state index in [2.05, 4.69) is 10.3 Å². The van der Waals surface area contributed by atoms with E-state index in [1.807, 2.05) is 76.2 Å². The number of aryl methyl sites for hydroxylation is 1. The Morgan fingerprint density at radius 3 is 2.17 bits per heavy atom. The van der Waals surface area contributed by atoms with Crippen LogP contribution in [0.2, 0.25) is 0 Å². The molecule has 0 saturated heterocycles. The molecule has 0 spiro atoms. The van der Waals surface area contributed by atoms with Gasteiger partial charge in [-0.3, -0.25) is 4.57 Å². The zero-order valence-electron chi connectivity index (χ0n) is 17.6. The van der Waals surface area contributed by atoms with E-state index in [0.717, 1.165) is 21.4 Å². The van der Waals surface area contributed by atoms with Crippen LogP contribution >= 0.6 is 0 Å². The number of ether oxygens (including phenoxy) is 1. The van der Waals surface area contributed by atoms with E-state index in [1.165, 1.54) is 11.6 Å². The number of hydrogen-bond acceptors (Lipinski definition) is 5. The molecule has 7 heteroatoms. The molecule has 0 aliphatic rings. The topological polar surface area (TPSA) is 78.2 Å². The van der Waals surface area contributed by atoms with Gasteiger partial charge in [0.1, 0.15) is 5.75 Å². The minimum absolute atomic E-state index is 0. The van der Waals surface area contributed by atoms with Gasteiger partial charge in [-0.15, -0.1) is 0 Å². The highest BCUT2D eigenvalue weighted by Crippen LogP contribution is 2.18. The van der Waals surface area contributed by atoms with Crippen LogP contribution in [0.15, 0.2) is 58.1 Å². The first-order valence-corrected chi connectivity index (χ1v) is 9.71. The lowest BCUT2D eigenvalue weighted by atomic mass is 10.1. The number of benzene rings is 2. The predicted octanol–water partition coefficient (Wildman–Crippen LogP) is 4.10. The molecular formula is C23H32N4O3. The molecule has 30 heavy (non-hydrogen) atoms. The highest BCUT2D eigenvalue weighted by atomic mass is 16.5. The SMILES string of the molecule is C.CC.CCOc1ccc(Nc2nc(=O)n(C)c(=O)n2Cc2ccc(C)cc2)cc1. The van der Waals surface area contributed by atoms with Crippen LogP contribution in [0.25, 0.3) is 0 Å². The molecule has 0 radical (unpaired) electrons. The number of nitrogens with zero attached hydrogens (tertiary/aromatic N) is 3. The van der Waals surface area contributed by atoms with Crippen LogP contribution < -0.4 is 21.4 Å². The van der Waals surface area contributed by atoms with E-state index < -0.39 is 11.4 Å². The van der Waals surface area contributed by atoms with Crippen molar-refractivity contribution >= 4 is 11.6 Å². The van der Waals surface area contributed by atoms with Gasteiger partial charge in [0.15, 0.2) is 0 Å². The Labute approximate surface area is 178 Å². The fraction of sp³-hybridized carbons (Fsp3) is 0.348. The highest BCUT2D eigenvalue weighted by Gasteiger charge is 2.12. The van der Waals surface area contributed by atoms with Gasteiger partial charge in [-0.05, 0) is 43.7 Å². The van der Waals surface area contributed by atoms with Crippen molar-refractivity contribution in [2.24, 2.45) is 7.05 Å². The molecule has 3 aromatic rings. The highest BCUT2D eigenvalue weighted by molar-refractivity contribution is 5.54. The molecule has 162 valence electrons. The second-order valence-corrected chi connectivity index (χ2v) is 6.21. The normalized spacial score (nSPS) is 9.77. The molecule has 0 saturated carbocycles. The summed E-state index contributed by atoms with van der Waals surface area (Å²) in [5.74, 6) is 0.949. The molecule has 0 bridgehead atoms. The van der Waals surface area contributed by atoms with Crippen molar-refractivity contribution in [1.82, 2.24) is 14.1 Å². The molecule has 0 fully saturated rings. The Balaban J connectivity index is 0.00000146. The largest absolute Gasteiger partial charge is 0.494 e. The maximum atomic E-state index is 12.6. The molecule has 1 heterocycles. The molecule has 1 N–H and O–H groups in total. The van der Waals surface area contributed by atoms with Gasteiger partial charge in [-0.2, -0.15) is 4.98 Å². The Hall–Kier alpha value is -3.35. The maximum Gasteiger partial charge on any atom is 0.354 e. The summed E-state index contributed by atoms with van der Waals surface area (Å²) >= 11 is 0. The van der Waals surface area contributed by atoms with E-state index in [9.17, 15) is 9.59 Å². The second-order valence-electron chi connectivity index (χ2n) is 6.21. The predicted molar refractivity (Wildman–Crippen MR) is 123 cm³/mol. The standard InChI is InChI=1S/C20H22N4O3.C2H6.CH4/c1-4-27-17-11-9-16(10-12-17)21-18-22-19(25)23(3)20(26)24(18)13-15-7-5-14(2)6-8-15;1-2;/h5-12H,4,13H2,1-3H3,(H,21,22,25);1-2H3;1H4. The molecule has 0 atom stereocenters. The Morgan fingerprint density at radius 2 is 1.60 bits per heavy atom. The van der Waals surface area contributed by atoms with Crippen LogP contribution in [0.1, 0.15) is 39.3 Å². The summed E-state index contributed by atoms with van der Waals surface area (Å²) in [4.78, 5) is 28.7. The lowest BCUT2D eigenvalue weighted by Gasteiger charge is -2.14. The second kappa shape index (κ2) is 11.6. The van der Waals surface area contributed by atoms with E-state index in [0.29, 0.717) is 18.8 Å². The van der Waals surface area contributed by atoms with Crippen LogP contribution in [0.3, 0.4) is 0 Å². The Kier molecular flexibility index (Phi) is 9.55. The molecule has 0 aliphatic heterocycles. The zero-order chi connectivity index (χ0) is 21.4. The third-order valence-corrected chi connectivity index (χ3v) is 4.14. The van der Waals surface area contributed by atoms with Crippen LogP contribution in [0, 0.1) is 6.92 Å². The van der Waals surface area contributed by atoms with Crippen LogP contribution in [-0.4, -0.2) is 20.7 Å². The van der Waals surface area contributed by atoms with E-state index in [-0.39, 0.29) is 13.4 Å². The Morgan fingerprint density at radius 1 is 1.00 bits per heavy atom. The van der Waals surface area contributed by atoms with Crippen molar-refractivity contribution in [2.45, 2.75) is 41.7 Å². The molecule has 7 nitrogen and oxygen atoms in total. The molecule has 2 aromatic carbocycles. The fourth-order valence-electron chi connectivity index (χ4n) is 2.62. The van der Waals surface area contributed by atoms with Gasteiger partial charge in [-0.25, -0.2) is 14.2 Å². The van der Waals surface area contributed by atoms with Crippen LogP contribution in [0.4, 0.5) is 11.6 Å². The van der Waals surface area contributed by atoms with Crippen LogP contribution in [-0.2, 0) is 13.6 Å². The average molecular weight is 413 g/mol. The van der Waals surface area contributed by atoms with Gasteiger partial charge in [0, 0.05) is 12.7 Å². The van der Waals surface area contributed by atoms with Gasteiger partial charge >= 0.3 is 11.4 Å². The van der Waals surface area contributed by atoms with Gasteiger partial charge < -0.3 is 10.1 Å². The summed E-state index contributed by atoms with van der Waals surface area (Å²) in [7, 11) is 1.42. The summed E-state index contributed by atoms with van der Waals surface area (Å²) in [6, 6.07) is 15.1. The van der Waals surface area contributed by atoms with E-state index in [4.69, 9.17) is 4.74 Å². The van der Waals surface area contributed by atoms with Crippen molar-refractivity contribution in [3.63, 3.8) is 0 Å². The fourth-order valence-corrected chi connectivity index (χ4v) is 2.62. The molecule has 0 unspecified atom stereocenters. The maximum absolute atomic E-state index is 12.6. The first kappa shape index (κ1) is 24.7. The summed E-state index contributed by atoms with van der Waals surface area (Å²) in [5.41, 5.74) is 1.75. The number of anilines is 2. The lowest BCUT2D eigenvalue weighted by Crippen LogP contribution is -2.41. The van der Waals surface area contributed by atoms with Crippen molar-refractivity contribution in [2.75, 3.05) is 11.9 Å². The number of hydrogen-bond donors (Lipinski definition) is 1. The zero-order valence-corrected chi connectivity index (χ0v) is 17.6.